The van der Waals surface area contributed by atoms with Gasteiger partial charge in [0.25, 0.3) is 0 Å². The van der Waals surface area contributed by atoms with Crippen LogP contribution >= 0.6 is 31.9 Å². The Kier molecular flexibility index (Phi) is 6.11. The molecule has 142 valence electrons. The minimum Gasteiger partial charge on any atom is -0.322 e. The molecule has 0 spiro atoms. The second kappa shape index (κ2) is 7.49. The van der Waals surface area contributed by atoms with Gasteiger partial charge in [0.05, 0.1) is 11.1 Å². The van der Waals surface area contributed by atoms with Gasteiger partial charge >= 0.3 is 12.4 Å². The van der Waals surface area contributed by atoms with Crippen LogP contribution in [-0.2, 0) is 12.4 Å². The second-order valence-corrected chi connectivity index (χ2v) is 7.42. The molecule has 0 fully saturated rings. The molecule has 0 radical (unpaired) electrons. The molecule has 0 aliphatic heterocycles. The van der Waals surface area contributed by atoms with Gasteiger partial charge in [-0.15, -0.1) is 0 Å². The van der Waals surface area contributed by atoms with E-state index < -0.39 is 35.6 Å². The molecule has 2 aromatic rings. The van der Waals surface area contributed by atoms with Gasteiger partial charge in [0.1, 0.15) is 0 Å². The smallest absolute Gasteiger partial charge is 0.322 e. The summed E-state index contributed by atoms with van der Waals surface area (Å²) in [6, 6.07) is 3.82. The molecule has 0 heterocycles. The van der Waals surface area contributed by atoms with Gasteiger partial charge in [0.2, 0.25) is 0 Å². The summed E-state index contributed by atoms with van der Waals surface area (Å²) in [5.74, 6) is 0. The molecule has 4 N–H and O–H groups in total. The third-order valence-electron chi connectivity index (χ3n) is 3.65. The number of nitrogens with two attached hydrogens (primary N) is 2. The fourth-order valence-electron chi connectivity index (χ4n) is 2.35. The van der Waals surface area contributed by atoms with Crippen LogP contribution in [0.3, 0.4) is 0 Å². The SMILES string of the molecule is NC(c1cc(Br)cc(C(F)(F)F)c1)C(N)c1cc(Br)cc(C(F)(F)F)c1. The Balaban J connectivity index is 2.43. The third kappa shape index (κ3) is 4.99. The maximum atomic E-state index is 12.9. The zero-order chi connectivity index (χ0) is 19.9. The molecule has 0 saturated heterocycles. The van der Waals surface area contributed by atoms with Gasteiger partial charge < -0.3 is 11.5 Å². The lowest BCUT2D eigenvalue weighted by atomic mass is 9.93. The maximum absolute atomic E-state index is 12.9. The van der Waals surface area contributed by atoms with Crippen molar-refractivity contribution in [3.05, 3.63) is 67.6 Å². The Hall–Kier alpha value is -1.10. The van der Waals surface area contributed by atoms with E-state index in [-0.39, 0.29) is 20.1 Å². The van der Waals surface area contributed by atoms with Gasteiger partial charge in [0, 0.05) is 21.0 Å². The van der Waals surface area contributed by atoms with Crippen LogP contribution in [0.4, 0.5) is 26.3 Å². The van der Waals surface area contributed by atoms with Gasteiger partial charge in [-0.3, -0.25) is 0 Å². The lowest BCUT2D eigenvalue weighted by Gasteiger charge is -2.23. The van der Waals surface area contributed by atoms with Crippen LogP contribution in [0.5, 0.6) is 0 Å². The fourth-order valence-corrected chi connectivity index (χ4v) is 3.37. The molecule has 0 bridgehead atoms. The van der Waals surface area contributed by atoms with Gasteiger partial charge in [0.15, 0.2) is 0 Å². The first-order valence-electron chi connectivity index (χ1n) is 7.05. The zero-order valence-corrected chi connectivity index (χ0v) is 16.0. The van der Waals surface area contributed by atoms with Crippen molar-refractivity contribution in [3.63, 3.8) is 0 Å². The van der Waals surface area contributed by atoms with Crippen molar-refractivity contribution in [2.24, 2.45) is 11.5 Å². The van der Waals surface area contributed by atoms with Crippen LogP contribution < -0.4 is 11.5 Å². The largest absolute Gasteiger partial charge is 0.416 e. The summed E-state index contributed by atoms with van der Waals surface area (Å²) in [5.41, 5.74) is 10.1. The standard InChI is InChI=1S/C16H12Br2F6N2/c17-11-3-7(1-9(5-11)15(19,20)21)13(25)14(26)8-2-10(16(22,23)24)6-12(18)4-8/h1-6,13-14H,25-26H2. The molecule has 2 aromatic carbocycles. The zero-order valence-electron chi connectivity index (χ0n) is 12.8. The maximum Gasteiger partial charge on any atom is 0.416 e. The van der Waals surface area contributed by atoms with Crippen molar-refractivity contribution < 1.29 is 26.3 Å². The van der Waals surface area contributed by atoms with E-state index in [1.165, 1.54) is 12.1 Å². The van der Waals surface area contributed by atoms with Gasteiger partial charge in [-0.25, -0.2) is 0 Å². The van der Waals surface area contributed by atoms with E-state index in [1.807, 2.05) is 0 Å². The quantitative estimate of drug-likeness (QED) is 0.506. The van der Waals surface area contributed by atoms with Gasteiger partial charge in [-0.05, 0) is 47.5 Å². The predicted molar refractivity (Wildman–Crippen MR) is 92.1 cm³/mol. The predicted octanol–water partition coefficient (Wildman–Crippen LogP) is 5.95. The molecular weight excluding hydrogens is 494 g/mol. The van der Waals surface area contributed by atoms with E-state index in [1.54, 1.807) is 0 Å². The lowest BCUT2D eigenvalue weighted by Crippen LogP contribution is -2.27. The Bertz CT molecular complexity index is 737. The molecule has 2 rings (SSSR count). The highest BCUT2D eigenvalue weighted by atomic mass is 79.9. The second-order valence-electron chi connectivity index (χ2n) is 5.59. The number of hydrogen-bond donors (Lipinski definition) is 2. The molecule has 2 atom stereocenters. The topological polar surface area (TPSA) is 52.0 Å². The summed E-state index contributed by atoms with van der Waals surface area (Å²) < 4.78 is 78.0. The Morgan fingerprint density at radius 1 is 0.615 bits per heavy atom. The highest BCUT2D eigenvalue weighted by Crippen LogP contribution is 2.37. The van der Waals surface area contributed by atoms with Crippen LogP contribution in [0.25, 0.3) is 0 Å². The first kappa shape index (κ1) is 21.2. The molecule has 0 saturated carbocycles. The Labute approximate surface area is 161 Å². The Morgan fingerprint density at radius 2 is 0.923 bits per heavy atom. The van der Waals surface area contributed by atoms with Gasteiger partial charge in [-0.1, -0.05) is 31.9 Å². The third-order valence-corrected chi connectivity index (χ3v) is 4.57. The van der Waals surface area contributed by atoms with Crippen molar-refractivity contribution in [3.8, 4) is 0 Å². The highest BCUT2D eigenvalue weighted by molar-refractivity contribution is 9.10. The van der Waals surface area contributed by atoms with Crippen molar-refractivity contribution in [1.29, 1.82) is 0 Å². The van der Waals surface area contributed by atoms with E-state index >= 15 is 0 Å². The van der Waals surface area contributed by atoms with Crippen molar-refractivity contribution in [1.82, 2.24) is 0 Å². The van der Waals surface area contributed by atoms with Crippen molar-refractivity contribution in [2.75, 3.05) is 0 Å². The first-order chi connectivity index (χ1) is 11.8. The molecule has 0 aliphatic carbocycles. The number of rotatable bonds is 3. The Morgan fingerprint density at radius 3 is 1.19 bits per heavy atom. The number of benzene rings is 2. The molecule has 2 unspecified atom stereocenters. The van der Waals surface area contributed by atoms with Crippen LogP contribution in [0.15, 0.2) is 45.3 Å². The van der Waals surface area contributed by atoms with Crippen LogP contribution in [-0.4, -0.2) is 0 Å². The molecule has 2 nitrogen and oxygen atoms in total. The first-order valence-corrected chi connectivity index (χ1v) is 8.64. The van der Waals surface area contributed by atoms with Crippen LogP contribution in [0.2, 0.25) is 0 Å². The van der Waals surface area contributed by atoms with Crippen molar-refractivity contribution in [2.45, 2.75) is 24.4 Å². The van der Waals surface area contributed by atoms with E-state index in [2.05, 4.69) is 31.9 Å². The van der Waals surface area contributed by atoms with E-state index in [9.17, 15) is 26.3 Å². The molecular formula is C16H12Br2F6N2. The van der Waals surface area contributed by atoms with Crippen molar-refractivity contribution >= 4 is 31.9 Å². The molecule has 0 aromatic heterocycles. The number of halogens is 8. The summed E-state index contributed by atoms with van der Waals surface area (Å²) >= 11 is 5.95. The lowest BCUT2D eigenvalue weighted by molar-refractivity contribution is -0.138. The molecule has 10 heteroatoms. The minimum atomic E-state index is -4.60. The molecule has 0 amide bonds. The minimum absolute atomic E-state index is 0.0488. The monoisotopic (exact) mass is 504 g/mol. The average Bonchev–Trinajstić information content (AvgIpc) is 2.50. The molecule has 26 heavy (non-hydrogen) atoms. The summed E-state index contributed by atoms with van der Waals surface area (Å²) in [7, 11) is 0. The van der Waals surface area contributed by atoms with E-state index in [0.29, 0.717) is 0 Å². The average molecular weight is 506 g/mol. The van der Waals surface area contributed by atoms with Crippen LogP contribution in [0.1, 0.15) is 34.3 Å². The molecule has 0 aliphatic rings. The van der Waals surface area contributed by atoms with E-state index in [4.69, 9.17) is 11.5 Å². The summed E-state index contributed by atoms with van der Waals surface area (Å²) in [4.78, 5) is 0. The van der Waals surface area contributed by atoms with E-state index in [0.717, 1.165) is 24.3 Å². The van der Waals surface area contributed by atoms with Gasteiger partial charge in [-0.2, -0.15) is 26.3 Å². The van der Waals surface area contributed by atoms with Crippen LogP contribution in [0, 0.1) is 0 Å². The summed E-state index contributed by atoms with van der Waals surface area (Å²) in [6.45, 7) is 0. The number of alkyl halides is 6. The fraction of sp³-hybridized carbons (Fsp3) is 0.250. The number of hydrogen-bond acceptors (Lipinski definition) is 2. The summed E-state index contributed by atoms with van der Waals surface area (Å²) in [6.07, 6.45) is -9.19. The highest BCUT2D eigenvalue weighted by Gasteiger charge is 2.34. The summed E-state index contributed by atoms with van der Waals surface area (Å²) in [5, 5.41) is 0. The normalized spacial score (nSPS) is 15.0.